The Labute approximate surface area is 213 Å². The van der Waals surface area contributed by atoms with Gasteiger partial charge in [0.25, 0.3) is 0 Å². The van der Waals surface area contributed by atoms with Crippen LogP contribution in [-0.4, -0.2) is 45.0 Å². The van der Waals surface area contributed by atoms with Gasteiger partial charge in [0.2, 0.25) is 0 Å². The molecule has 0 amide bonds. The molecule has 190 valence electrons. The first kappa shape index (κ1) is 24.8. The maximum atomic E-state index is 12.0. The minimum atomic E-state index is -0.487. The molecule has 0 bridgehead atoms. The molecule has 1 spiro atoms. The van der Waals surface area contributed by atoms with Gasteiger partial charge in [-0.05, 0) is 61.6 Å². The monoisotopic (exact) mass is 490 g/mol. The van der Waals surface area contributed by atoms with E-state index in [-0.39, 0.29) is 18.2 Å². The van der Waals surface area contributed by atoms with Crippen LogP contribution in [0, 0.1) is 11.8 Å². The van der Waals surface area contributed by atoms with Crippen molar-refractivity contribution in [2.75, 3.05) is 27.1 Å². The van der Waals surface area contributed by atoms with Crippen LogP contribution in [0.25, 0.3) is 0 Å². The van der Waals surface area contributed by atoms with E-state index in [1.165, 1.54) is 20.0 Å². The summed E-state index contributed by atoms with van der Waals surface area (Å²) in [4.78, 5) is 12.0. The molecule has 0 radical (unpaired) electrons. The molecule has 36 heavy (non-hydrogen) atoms. The summed E-state index contributed by atoms with van der Waals surface area (Å²) in [5, 5.41) is 0. The molecule has 5 rings (SSSR count). The van der Waals surface area contributed by atoms with Crippen LogP contribution in [-0.2, 0) is 24.4 Å². The van der Waals surface area contributed by atoms with E-state index >= 15 is 0 Å². The maximum absolute atomic E-state index is 12.0. The first-order valence-electron chi connectivity index (χ1n) is 12.9. The molecule has 0 aromatic heterocycles. The molecule has 3 aliphatic rings. The maximum Gasteiger partial charge on any atom is 0.337 e. The van der Waals surface area contributed by atoms with Gasteiger partial charge in [-0.15, -0.1) is 0 Å². The second kappa shape index (κ2) is 11.0. The normalized spacial score (nSPS) is 20.6. The molecule has 0 unspecified atom stereocenters. The number of benzene rings is 2. The van der Waals surface area contributed by atoms with Crippen LogP contribution >= 0.6 is 0 Å². The fourth-order valence-corrected chi connectivity index (χ4v) is 5.50. The molecule has 2 saturated carbocycles. The topological polar surface area (TPSA) is 63.2 Å². The number of esters is 1. The quantitative estimate of drug-likeness (QED) is 0.308. The Kier molecular flexibility index (Phi) is 7.62. The van der Waals surface area contributed by atoms with Gasteiger partial charge in [0, 0.05) is 18.4 Å². The Bertz CT molecular complexity index is 1110. The van der Waals surface area contributed by atoms with Gasteiger partial charge in [-0.1, -0.05) is 42.9 Å². The van der Waals surface area contributed by atoms with Crippen molar-refractivity contribution in [1.29, 1.82) is 0 Å². The van der Waals surface area contributed by atoms with E-state index in [2.05, 4.69) is 24.0 Å². The average molecular weight is 491 g/mol. The number of carbonyl (C=O) groups is 1. The largest absolute Gasteiger partial charge is 0.468 e. The van der Waals surface area contributed by atoms with Gasteiger partial charge in [-0.2, -0.15) is 0 Å². The van der Waals surface area contributed by atoms with Crippen molar-refractivity contribution < 1.29 is 28.5 Å². The number of hydrogen-bond donors (Lipinski definition) is 0. The predicted molar refractivity (Wildman–Crippen MR) is 135 cm³/mol. The van der Waals surface area contributed by atoms with Gasteiger partial charge < -0.3 is 23.7 Å². The third-order valence-electron chi connectivity index (χ3n) is 7.63. The number of methoxy groups -OCH3 is 1. The molecule has 0 N–H and O–H groups in total. The Hall–Kier alpha value is -2.85. The van der Waals surface area contributed by atoms with E-state index in [9.17, 15) is 4.79 Å². The molecule has 0 atom stereocenters. The molecular formula is C30H34O6. The smallest absolute Gasteiger partial charge is 0.337 e. The number of carbonyl (C=O) groups excluding carboxylic acids is 1. The molecule has 6 heteroatoms. The summed E-state index contributed by atoms with van der Waals surface area (Å²) in [6.07, 6.45) is 8.18. The zero-order chi connectivity index (χ0) is 24.8. The zero-order valence-electron chi connectivity index (χ0n) is 20.9. The molecular weight excluding hydrogens is 456 g/mol. The van der Waals surface area contributed by atoms with Crippen LogP contribution in [0.4, 0.5) is 0 Å². The third-order valence-corrected chi connectivity index (χ3v) is 7.63. The highest BCUT2D eigenvalue weighted by atomic mass is 16.7. The Morgan fingerprint density at radius 3 is 2.50 bits per heavy atom. The van der Waals surface area contributed by atoms with Gasteiger partial charge in [0.05, 0.1) is 37.4 Å². The van der Waals surface area contributed by atoms with Gasteiger partial charge in [-0.3, -0.25) is 0 Å². The van der Waals surface area contributed by atoms with Crippen LogP contribution in [0.2, 0.25) is 0 Å². The van der Waals surface area contributed by atoms with Crippen LogP contribution in [0.5, 0.6) is 5.75 Å². The van der Waals surface area contributed by atoms with Crippen LogP contribution < -0.4 is 4.74 Å². The van der Waals surface area contributed by atoms with E-state index in [0.717, 1.165) is 55.4 Å². The summed E-state index contributed by atoms with van der Waals surface area (Å²) >= 11 is 0. The van der Waals surface area contributed by atoms with Crippen molar-refractivity contribution in [3.63, 3.8) is 0 Å². The molecule has 2 aromatic carbocycles. The lowest BCUT2D eigenvalue weighted by atomic mass is 9.68. The lowest BCUT2D eigenvalue weighted by molar-refractivity contribution is -0.182. The van der Waals surface area contributed by atoms with E-state index in [1.54, 1.807) is 12.1 Å². The molecule has 3 fully saturated rings. The third kappa shape index (κ3) is 5.59. The lowest BCUT2D eigenvalue weighted by Crippen LogP contribution is -2.41. The predicted octanol–water partition coefficient (Wildman–Crippen LogP) is 5.38. The summed E-state index contributed by atoms with van der Waals surface area (Å²) in [7, 11) is 1.38. The molecule has 2 aromatic rings. The molecule has 6 nitrogen and oxygen atoms in total. The fraction of sp³-hybridized carbons (Fsp3) is 0.500. The Morgan fingerprint density at radius 1 is 1.00 bits per heavy atom. The first-order valence-corrected chi connectivity index (χ1v) is 12.9. The number of hydrogen-bond acceptors (Lipinski definition) is 6. The van der Waals surface area contributed by atoms with E-state index in [1.807, 2.05) is 24.3 Å². The molecule has 1 heterocycles. The van der Waals surface area contributed by atoms with Crippen LogP contribution in [0.15, 0.2) is 48.5 Å². The number of rotatable bonds is 6. The minimum Gasteiger partial charge on any atom is -0.468 e. The Morgan fingerprint density at radius 2 is 1.75 bits per heavy atom. The first-order chi connectivity index (χ1) is 17.6. The molecule has 2 aliphatic carbocycles. The highest BCUT2D eigenvalue weighted by Crippen LogP contribution is 2.46. The fourth-order valence-electron chi connectivity index (χ4n) is 5.50. The molecule has 1 aliphatic heterocycles. The summed E-state index contributed by atoms with van der Waals surface area (Å²) < 4.78 is 28.7. The average Bonchev–Trinajstić information content (AvgIpc) is 3.61. The van der Waals surface area contributed by atoms with Crippen molar-refractivity contribution in [2.24, 2.45) is 0 Å². The molecule has 1 saturated heterocycles. The van der Waals surface area contributed by atoms with Gasteiger partial charge in [-0.25, -0.2) is 4.79 Å². The van der Waals surface area contributed by atoms with Crippen molar-refractivity contribution in [1.82, 2.24) is 0 Å². The standard InChI is InChI=1S/C30H34O6/c1-32-28(31)24-7-4-6-23(20-24)12-13-29(14-16-30(17-15-29)35-18-19-36-30)25-8-5-11-27(21-25)34-22-33-26-9-2-3-10-26/h4-8,11,20-21,26H,2-3,9-10,14-19,22H2,1H3. The van der Waals surface area contributed by atoms with Gasteiger partial charge in [0.1, 0.15) is 5.75 Å². The number of ether oxygens (including phenoxy) is 5. The lowest BCUT2D eigenvalue weighted by Gasteiger charge is -2.41. The van der Waals surface area contributed by atoms with E-state index in [0.29, 0.717) is 24.9 Å². The Balaban J connectivity index is 1.39. The van der Waals surface area contributed by atoms with Gasteiger partial charge >= 0.3 is 5.97 Å². The van der Waals surface area contributed by atoms with Crippen molar-refractivity contribution >= 4 is 5.97 Å². The summed E-state index contributed by atoms with van der Waals surface area (Å²) in [5.41, 5.74) is 2.01. The van der Waals surface area contributed by atoms with E-state index < -0.39 is 5.79 Å². The SMILES string of the molecule is COC(=O)c1cccc(C#CC2(c3cccc(OCOC4CCCC4)c3)CCC3(CC2)OCCO3)c1. The highest BCUT2D eigenvalue weighted by molar-refractivity contribution is 5.89. The highest BCUT2D eigenvalue weighted by Gasteiger charge is 2.46. The van der Waals surface area contributed by atoms with Crippen molar-refractivity contribution in [2.45, 2.75) is 68.7 Å². The van der Waals surface area contributed by atoms with Crippen molar-refractivity contribution in [3.8, 4) is 17.6 Å². The summed E-state index contributed by atoms with van der Waals surface area (Å²) in [5.74, 6) is 6.86. The van der Waals surface area contributed by atoms with E-state index in [4.69, 9.17) is 23.7 Å². The van der Waals surface area contributed by atoms with Crippen LogP contribution in [0.1, 0.15) is 72.9 Å². The summed E-state index contributed by atoms with van der Waals surface area (Å²) in [6, 6.07) is 15.5. The second-order valence-electron chi connectivity index (χ2n) is 9.88. The second-order valence-corrected chi connectivity index (χ2v) is 9.88. The van der Waals surface area contributed by atoms with Gasteiger partial charge in [0.15, 0.2) is 12.6 Å². The minimum absolute atomic E-state index is 0.262. The van der Waals surface area contributed by atoms with Crippen LogP contribution in [0.3, 0.4) is 0 Å². The summed E-state index contributed by atoms with van der Waals surface area (Å²) in [6.45, 7) is 1.55. The van der Waals surface area contributed by atoms with Crippen molar-refractivity contribution in [3.05, 3.63) is 65.2 Å². The zero-order valence-corrected chi connectivity index (χ0v) is 20.9.